The quantitative estimate of drug-likeness (QED) is 0.671. The van der Waals surface area contributed by atoms with Gasteiger partial charge < -0.3 is 10.6 Å². The molecular weight excluding hydrogens is 244 g/mol. The predicted molar refractivity (Wildman–Crippen MR) is 84.7 cm³/mol. The molecule has 0 aromatic heterocycles. The summed E-state index contributed by atoms with van der Waals surface area (Å²) in [7, 11) is 0. The minimum atomic E-state index is 0.850. The molecule has 0 amide bonds. The second-order valence-corrected chi connectivity index (χ2v) is 5.38. The zero-order valence-corrected chi connectivity index (χ0v) is 11.2. The summed E-state index contributed by atoms with van der Waals surface area (Å²) in [6.45, 7) is 1.90. The van der Waals surface area contributed by atoms with Gasteiger partial charge in [-0.2, -0.15) is 0 Å². The monoisotopic (exact) mass is 260 g/mol. The third-order valence-electron chi connectivity index (χ3n) is 4.06. The third-order valence-corrected chi connectivity index (χ3v) is 4.06. The lowest BCUT2D eigenvalue weighted by molar-refractivity contribution is 0.885. The molecule has 1 aliphatic rings. The fraction of sp³-hybridized carbons (Fsp3) is 0.111. The van der Waals surface area contributed by atoms with Crippen molar-refractivity contribution in [3.05, 3.63) is 71.8 Å². The fourth-order valence-electron chi connectivity index (χ4n) is 3.07. The van der Waals surface area contributed by atoms with Crippen LogP contribution in [0.15, 0.2) is 60.7 Å². The summed E-state index contributed by atoms with van der Waals surface area (Å²) in [5, 5.41) is 2.61. The molecule has 2 heteroatoms. The first-order chi connectivity index (χ1) is 9.81. The molecule has 1 heterocycles. The molecule has 4 rings (SSSR count). The van der Waals surface area contributed by atoms with E-state index in [0.29, 0.717) is 0 Å². The average Bonchev–Trinajstić information content (AvgIpc) is 2.89. The lowest BCUT2D eigenvalue weighted by atomic mass is 10.1. The maximum atomic E-state index is 5.89. The van der Waals surface area contributed by atoms with Crippen molar-refractivity contribution in [1.29, 1.82) is 0 Å². The molecule has 0 radical (unpaired) electrons. The van der Waals surface area contributed by atoms with Gasteiger partial charge >= 0.3 is 0 Å². The van der Waals surface area contributed by atoms with Crippen LogP contribution in [0.2, 0.25) is 0 Å². The molecule has 0 aliphatic carbocycles. The Morgan fingerprint density at radius 2 is 1.60 bits per heavy atom. The molecule has 1 aliphatic heterocycles. The van der Waals surface area contributed by atoms with E-state index >= 15 is 0 Å². The molecule has 98 valence electrons. The van der Waals surface area contributed by atoms with E-state index in [9.17, 15) is 0 Å². The Labute approximate surface area is 118 Å². The Bertz CT molecular complexity index is 787. The number of nitrogens with zero attached hydrogens (tertiary/aromatic N) is 1. The number of rotatable bonds is 1. The van der Waals surface area contributed by atoms with E-state index in [-0.39, 0.29) is 0 Å². The topological polar surface area (TPSA) is 29.3 Å². The smallest absolute Gasteiger partial charge is 0.0451 e. The fourth-order valence-corrected chi connectivity index (χ4v) is 3.07. The van der Waals surface area contributed by atoms with Gasteiger partial charge in [0.15, 0.2) is 0 Å². The predicted octanol–water partition coefficient (Wildman–Crippen LogP) is 3.94. The van der Waals surface area contributed by atoms with E-state index in [4.69, 9.17) is 5.73 Å². The van der Waals surface area contributed by atoms with Crippen LogP contribution in [0.3, 0.4) is 0 Å². The van der Waals surface area contributed by atoms with Gasteiger partial charge in [-0.25, -0.2) is 0 Å². The summed E-state index contributed by atoms with van der Waals surface area (Å²) in [5.41, 5.74) is 10.8. The number of anilines is 2. The van der Waals surface area contributed by atoms with Crippen LogP contribution in [-0.2, 0) is 13.1 Å². The number of nitrogens with two attached hydrogens (primary N) is 1. The van der Waals surface area contributed by atoms with Crippen LogP contribution < -0.4 is 10.6 Å². The molecule has 0 unspecified atom stereocenters. The summed E-state index contributed by atoms with van der Waals surface area (Å²) in [6.07, 6.45) is 0. The largest absolute Gasteiger partial charge is 0.399 e. The van der Waals surface area contributed by atoms with Gasteiger partial charge in [0.05, 0.1) is 0 Å². The maximum absolute atomic E-state index is 5.89. The van der Waals surface area contributed by atoms with Crippen LogP contribution in [0.25, 0.3) is 10.8 Å². The first kappa shape index (κ1) is 11.4. The molecule has 2 N–H and O–H groups in total. The molecule has 0 bridgehead atoms. The van der Waals surface area contributed by atoms with Crippen LogP contribution in [0.4, 0.5) is 11.4 Å². The zero-order chi connectivity index (χ0) is 13.5. The van der Waals surface area contributed by atoms with Crippen LogP contribution in [0.1, 0.15) is 11.1 Å². The molecule has 0 saturated heterocycles. The molecule has 2 nitrogen and oxygen atoms in total. The van der Waals surface area contributed by atoms with Gasteiger partial charge in [-0.3, -0.25) is 0 Å². The molecule has 0 spiro atoms. The number of nitrogen functional groups attached to an aromatic ring is 1. The van der Waals surface area contributed by atoms with E-state index in [1.54, 1.807) is 0 Å². The van der Waals surface area contributed by atoms with E-state index in [0.717, 1.165) is 18.8 Å². The van der Waals surface area contributed by atoms with Gasteiger partial charge in [0.2, 0.25) is 0 Å². The molecular formula is C18H16N2. The molecule has 0 fully saturated rings. The van der Waals surface area contributed by atoms with E-state index in [1.165, 1.54) is 27.6 Å². The standard InChI is InChI=1S/C18H16N2/c19-16-9-8-14-11-20(12-15(14)10-16)18-7-3-5-13-4-1-2-6-17(13)18/h1-10H,11-12,19H2. The SMILES string of the molecule is Nc1ccc2c(c1)CN(c1cccc3ccccc13)C2. The molecule has 3 aromatic rings. The van der Waals surface area contributed by atoms with E-state index < -0.39 is 0 Å². The highest BCUT2D eigenvalue weighted by Gasteiger charge is 2.20. The lowest BCUT2D eigenvalue weighted by Gasteiger charge is -2.20. The van der Waals surface area contributed by atoms with E-state index in [1.807, 2.05) is 6.07 Å². The number of hydrogen-bond donors (Lipinski definition) is 1. The van der Waals surface area contributed by atoms with Crippen molar-refractivity contribution in [2.24, 2.45) is 0 Å². The van der Waals surface area contributed by atoms with Crippen molar-refractivity contribution in [1.82, 2.24) is 0 Å². The summed E-state index contributed by atoms with van der Waals surface area (Å²) < 4.78 is 0. The molecule has 0 atom stereocenters. The number of hydrogen-bond acceptors (Lipinski definition) is 2. The first-order valence-corrected chi connectivity index (χ1v) is 6.91. The minimum Gasteiger partial charge on any atom is -0.399 e. The van der Waals surface area contributed by atoms with Gasteiger partial charge in [0, 0.05) is 29.9 Å². The molecule has 3 aromatic carbocycles. The second-order valence-electron chi connectivity index (χ2n) is 5.38. The molecule has 20 heavy (non-hydrogen) atoms. The van der Waals surface area contributed by atoms with Crippen molar-refractivity contribution in [3.63, 3.8) is 0 Å². The Balaban J connectivity index is 1.79. The highest BCUT2D eigenvalue weighted by Crippen LogP contribution is 2.33. The Hall–Kier alpha value is -2.48. The van der Waals surface area contributed by atoms with Crippen molar-refractivity contribution in [2.45, 2.75) is 13.1 Å². The summed E-state index contributed by atoms with van der Waals surface area (Å²) in [4.78, 5) is 2.42. The maximum Gasteiger partial charge on any atom is 0.0451 e. The van der Waals surface area contributed by atoms with Crippen LogP contribution in [0, 0.1) is 0 Å². The van der Waals surface area contributed by atoms with Gasteiger partial charge in [-0.1, -0.05) is 42.5 Å². The van der Waals surface area contributed by atoms with E-state index in [2.05, 4.69) is 59.5 Å². The van der Waals surface area contributed by atoms with Gasteiger partial charge in [0.25, 0.3) is 0 Å². The third kappa shape index (κ3) is 1.73. The van der Waals surface area contributed by atoms with Crippen molar-refractivity contribution >= 4 is 22.1 Å². The highest BCUT2D eigenvalue weighted by molar-refractivity contribution is 5.94. The summed E-state index contributed by atoms with van der Waals surface area (Å²) in [6, 6.07) is 21.3. The summed E-state index contributed by atoms with van der Waals surface area (Å²) >= 11 is 0. The van der Waals surface area contributed by atoms with Gasteiger partial charge in [-0.05, 0) is 34.7 Å². The van der Waals surface area contributed by atoms with Crippen LogP contribution in [0.5, 0.6) is 0 Å². The molecule has 0 saturated carbocycles. The Morgan fingerprint density at radius 1 is 0.800 bits per heavy atom. The summed E-state index contributed by atoms with van der Waals surface area (Å²) in [5.74, 6) is 0. The lowest BCUT2D eigenvalue weighted by Crippen LogP contribution is -2.14. The van der Waals surface area contributed by atoms with Gasteiger partial charge in [0.1, 0.15) is 0 Å². The first-order valence-electron chi connectivity index (χ1n) is 6.91. The van der Waals surface area contributed by atoms with Crippen molar-refractivity contribution in [2.75, 3.05) is 10.6 Å². The van der Waals surface area contributed by atoms with Crippen molar-refractivity contribution < 1.29 is 0 Å². The normalized spacial score (nSPS) is 13.7. The Kier molecular flexibility index (Phi) is 2.43. The number of fused-ring (bicyclic) bond motifs is 2. The van der Waals surface area contributed by atoms with Crippen LogP contribution in [-0.4, -0.2) is 0 Å². The van der Waals surface area contributed by atoms with Gasteiger partial charge in [-0.15, -0.1) is 0 Å². The Morgan fingerprint density at radius 3 is 2.55 bits per heavy atom. The minimum absolute atomic E-state index is 0.850. The van der Waals surface area contributed by atoms with Crippen molar-refractivity contribution in [3.8, 4) is 0 Å². The van der Waals surface area contributed by atoms with Crippen LogP contribution >= 0.6 is 0 Å². The second kappa shape index (κ2) is 4.27. The zero-order valence-electron chi connectivity index (χ0n) is 11.2. The average molecular weight is 260 g/mol. The highest BCUT2D eigenvalue weighted by atomic mass is 15.1. The number of benzene rings is 3.